The number of aromatic nitrogens is 1. The quantitative estimate of drug-likeness (QED) is 0.244. The molecule has 38 heavy (non-hydrogen) atoms. The molecule has 0 radical (unpaired) electrons. The number of benzene rings is 3. The zero-order chi connectivity index (χ0) is 27.1. The summed E-state index contributed by atoms with van der Waals surface area (Å²) in [6.07, 6.45) is 3.05. The number of nitrogens with zero attached hydrogens (tertiary/aromatic N) is 2. The molecule has 1 aromatic heterocycles. The summed E-state index contributed by atoms with van der Waals surface area (Å²) in [5.41, 5.74) is 2.45. The Bertz CT molecular complexity index is 1480. The molecule has 0 aliphatic carbocycles. The van der Waals surface area contributed by atoms with E-state index in [1.807, 2.05) is 49.4 Å². The van der Waals surface area contributed by atoms with Crippen LogP contribution in [0, 0.1) is 5.82 Å². The number of fused-ring (bicyclic) bond motifs is 1. The van der Waals surface area contributed by atoms with Gasteiger partial charge < -0.3 is 14.8 Å². The molecule has 9 heteroatoms. The SMILES string of the molecule is COc1cc(NC(C)CCCN(Cc2ccccc2OC)S(=O)(=O)c2ccc(F)cc2)c2ncccc2c1. The Morgan fingerprint density at radius 1 is 1.00 bits per heavy atom. The van der Waals surface area contributed by atoms with Gasteiger partial charge in [-0.25, -0.2) is 12.8 Å². The van der Waals surface area contributed by atoms with Crippen molar-refractivity contribution in [3.8, 4) is 11.5 Å². The molecule has 0 fully saturated rings. The van der Waals surface area contributed by atoms with Crippen molar-refractivity contribution in [1.82, 2.24) is 9.29 Å². The lowest BCUT2D eigenvalue weighted by Crippen LogP contribution is -2.32. The number of ether oxygens (including phenoxy) is 2. The van der Waals surface area contributed by atoms with Gasteiger partial charge in [0.15, 0.2) is 0 Å². The van der Waals surface area contributed by atoms with E-state index in [-0.39, 0.29) is 24.0 Å². The number of sulfonamides is 1. The van der Waals surface area contributed by atoms with Crippen molar-refractivity contribution < 1.29 is 22.3 Å². The van der Waals surface area contributed by atoms with Crippen molar-refractivity contribution in [1.29, 1.82) is 0 Å². The normalized spacial score (nSPS) is 12.4. The van der Waals surface area contributed by atoms with Crippen molar-refractivity contribution in [3.63, 3.8) is 0 Å². The van der Waals surface area contributed by atoms with E-state index in [4.69, 9.17) is 9.47 Å². The molecular formula is C29H32FN3O4S. The molecule has 0 amide bonds. The Balaban J connectivity index is 1.51. The molecule has 7 nitrogen and oxygen atoms in total. The van der Waals surface area contributed by atoms with Gasteiger partial charge in [-0.2, -0.15) is 4.31 Å². The monoisotopic (exact) mass is 537 g/mol. The zero-order valence-corrected chi connectivity index (χ0v) is 22.5. The predicted molar refractivity (Wildman–Crippen MR) is 148 cm³/mol. The summed E-state index contributed by atoms with van der Waals surface area (Å²) >= 11 is 0. The number of hydrogen-bond acceptors (Lipinski definition) is 6. The van der Waals surface area contributed by atoms with E-state index >= 15 is 0 Å². The summed E-state index contributed by atoms with van der Waals surface area (Å²) in [5, 5.41) is 4.47. The lowest BCUT2D eigenvalue weighted by molar-refractivity contribution is 0.371. The fraction of sp³-hybridized carbons (Fsp3) is 0.276. The molecule has 3 aromatic carbocycles. The number of anilines is 1. The highest BCUT2D eigenvalue weighted by molar-refractivity contribution is 7.89. The van der Waals surface area contributed by atoms with E-state index < -0.39 is 15.8 Å². The number of rotatable bonds is 12. The first-order valence-electron chi connectivity index (χ1n) is 12.4. The van der Waals surface area contributed by atoms with Gasteiger partial charge >= 0.3 is 0 Å². The lowest BCUT2D eigenvalue weighted by Gasteiger charge is -2.24. The van der Waals surface area contributed by atoms with Crippen LogP contribution in [-0.4, -0.2) is 44.5 Å². The molecule has 1 heterocycles. The Morgan fingerprint density at radius 2 is 1.76 bits per heavy atom. The summed E-state index contributed by atoms with van der Waals surface area (Å²) in [6, 6.07) is 20.0. The fourth-order valence-electron chi connectivity index (χ4n) is 4.37. The highest BCUT2D eigenvalue weighted by Gasteiger charge is 2.25. The van der Waals surface area contributed by atoms with E-state index in [0.717, 1.165) is 40.0 Å². The molecule has 1 atom stereocenters. The second-order valence-electron chi connectivity index (χ2n) is 9.04. The smallest absolute Gasteiger partial charge is 0.243 e. The number of halogens is 1. The van der Waals surface area contributed by atoms with Gasteiger partial charge in [-0.15, -0.1) is 0 Å². The third-order valence-electron chi connectivity index (χ3n) is 6.35. The van der Waals surface area contributed by atoms with E-state index in [1.165, 1.54) is 16.4 Å². The minimum atomic E-state index is -3.87. The number of para-hydroxylation sites is 1. The second kappa shape index (κ2) is 12.2. The molecule has 0 saturated heterocycles. The molecule has 200 valence electrons. The molecule has 1 N–H and O–H groups in total. The molecule has 1 unspecified atom stereocenters. The van der Waals surface area contributed by atoms with Gasteiger partial charge in [-0.3, -0.25) is 4.98 Å². The Morgan fingerprint density at radius 3 is 2.50 bits per heavy atom. The van der Waals surface area contributed by atoms with Crippen LogP contribution in [0.2, 0.25) is 0 Å². The van der Waals surface area contributed by atoms with Crippen LogP contribution in [0.25, 0.3) is 10.9 Å². The van der Waals surface area contributed by atoms with Gasteiger partial charge in [0.2, 0.25) is 10.0 Å². The summed E-state index contributed by atoms with van der Waals surface area (Å²) in [6.45, 7) is 2.46. The number of hydrogen-bond donors (Lipinski definition) is 1. The minimum Gasteiger partial charge on any atom is -0.497 e. The topological polar surface area (TPSA) is 80.8 Å². The molecule has 0 aliphatic heterocycles. The molecule has 0 saturated carbocycles. The highest BCUT2D eigenvalue weighted by atomic mass is 32.2. The van der Waals surface area contributed by atoms with Crippen molar-refractivity contribution in [3.05, 3.63) is 90.4 Å². The standard InChI is InChI=1S/C29H32FN3O4S/c1-21(32-27-19-25(36-2)18-22-10-6-16-31-29(22)27)8-7-17-33(20-23-9-4-5-11-28(23)37-3)38(34,35)26-14-12-24(30)13-15-26/h4-6,9-16,18-19,21,32H,7-8,17,20H2,1-3H3. The van der Waals surface area contributed by atoms with Gasteiger partial charge in [0.05, 0.1) is 30.3 Å². The maximum Gasteiger partial charge on any atom is 0.243 e. The Labute approximate surface area is 223 Å². The molecule has 0 bridgehead atoms. The largest absolute Gasteiger partial charge is 0.497 e. The second-order valence-corrected chi connectivity index (χ2v) is 11.0. The first-order chi connectivity index (χ1) is 18.3. The van der Waals surface area contributed by atoms with E-state index in [1.54, 1.807) is 26.5 Å². The third kappa shape index (κ3) is 6.41. The van der Waals surface area contributed by atoms with Crippen molar-refractivity contribution >= 4 is 26.6 Å². The maximum absolute atomic E-state index is 13.6. The fourth-order valence-corrected chi connectivity index (χ4v) is 5.82. The lowest BCUT2D eigenvalue weighted by atomic mass is 10.1. The summed E-state index contributed by atoms with van der Waals surface area (Å²) < 4.78 is 52.9. The van der Waals surface area contributed by atoms with Crippen LogP contribution >= 0.6 is 0 Å². The molecule has 0 aliphatic rings. The molecule has 4 rings (SSSR count). The van der Waals surface area contributed by atoms with E-state index in [2.05, 4.69) is 10.3 Å². The maximum atomic E-state index is 13.6. The van der Waals surface area contributed by atoms with Crippen molar-refractivity contribution in [2.24, 2.45) is 0 Å². The van der Waals surface area contributed by atoms with Crippen LogP contribution in [0.4, 0.5) is 10.1 Å². The van der Waals surface area contributed by atoms with Gasteiger partial charge in [-0.1, -0.05) is 24.3 Å². The average molecular weight is 538 g/mol. The summed E-state index contributed by atoms with van der Waals surface area (Å²) in [7, 11) is -0.686. The van der Waals surface area contributed by atoms with Gasteiger partial charge in [0, 0.05) is 42.3 Å². The zero-order valence-electron chi connectivity index (χ0n) is 21.7. The minimum absolute atomic E-state index is 0.0361. The van der Waals surface area contributed by atoms with Gasteiger partial charge in [0.1, 0.15) is 17.3 Å². The predicted octanol–water partition coefficient (Wildman–Crippen LogP) is 5.86. The van der Waals surface area contributed by atoms with Crippen LogP contribution in [0.1, 0.15) is 25.3 Å². The average Bonchev–Trinajstić information content (AvgIpc) is 2.92. The third-order valence-corrected chi connectivity index (χ3v) is 8.21. The van der Waals surface area contributed by atoms with Crippen molar-refractivity contribution in [2.45, 2.75) is 37.2 Å². The first-order valence-corrected chi connectivity index (χ1v) is 13.8. The number of pyridine rings is 1. The van der Waals surface area contributed by atoms with Gasteiger partial charge in [-0.05, 0) is 62.2 Å². The van der Waals surface area contributed by atoms with Gasteiger partial charge in [0.25, 0.3) is 0 Å². The first kappa shape index (κ1) is 27.3. The Kier molecular flexibility index (Phi) is 8.81. The summed E-state index contributed by atoms with van der Waals surface area (Å²) in [4.78, 5) is 4.56. The number of methoxy groups -OCH3 is 2. The Hall–Kier alpha value is -3.69. The van der Waals surface area contributed by atoms with Crippen LogP contribution in [0.15, 0.2) is 83.9 Å². The van der Waals surface area contributed by atoms with E-state index in [0.29, 0.717) is 18.6 Å². The van der Waals surface area contributed by atoms with Crippen LogP contribution in [-0.2, 0) is 16.6 Å². The van der Waals surface area contributed by atoms with Crippen LogP contribution in [0.5, 0.6) is 11.5 Å². The number of nitrogens with one attached hydrogen (secondary N) is 1. The summed E-state index contributed by atoms with van der Waals surface area (Å²) in [5.74, 6) is 0.854. The molecule has 0 spiro atoms. The molecular weight excluding hydrogens is 505 g/mol. The van der Waals surface area contributed by atoms with E-state index in [9.17, 15) is 12.8 Å². The van der Waals surface area contributed by atoms with Crippen LogP contribution in [0.3, 0.4) is 0 Å². The van der Waals surface area contributed by atoms with Crippen molar-refractivity contribution in [2.75, 3.05) is 26.1 Å². The highest BCUT2D eigenvalue weighted by Crippen LogP contribution is 2.29. The molecule has 4 aromatic rings. The van der Waals surface area contributed by atoms with Crippen LogP contribution < -0.4 is 14.8 Å².